The number of benzene rings is 2. The minimum atomic E-state index is -5.05. The molecule has 0 spiro atoms. The highest BCUT2D eigenvalue weighted by molar-refractivity contribution is 5.60. The van der Waals surface area contributed by atoms with E-state index in [1.165, 1.54) is 0 Å². The van der Waals surface area contributed by atoms with Gasteiger partial charge in [-0.2, -0.15) is 26.3 Å². The van der Waals surface area contributed by atoms with Gasteiger partial charge in [-0.25, -0.2) is 4.98 Å². The number of nitrogen functional groups attached to an aromatic ring is 1. The molecule has 152 valence electrons. The van der Waals surface area contributed by atoms with Gasteiger partial charge in [-0.1, -0.05) is 42.5 Å². The third-order valence-electron chi connectivity index (χ3n) is 4.10. The zero-order chi connectivity index (χ0) is 21.4. The number of hydrogen-bond acceptors (Lipinski definition) is 3. The molecule has 3 aromatic rings. The van der Waals surface area contributed by atoms with E-state index < -0.39 is 40.7 Å². The Hall–Kier alpha value is -3.30. The average molecular weight is 413 g/mol. The monoisotopic (exact) mass is 413 g/mol. The lowest BCUT2D eigenvalue weighted by atomic mass is 10.1. The van der Waals surface area contributed by atoms with Gasteiger partial charge < -0.3 is 5.73 Å². The number of rotatable bonds is 3. The lowest BCUT2D eigenvalue weighted by Gasteiger charge is -2.18. The summed E-state index contributed by atoms with van der Waals surface area (Å²) >= 11 is 0. The topological polar surface area (TPSA) is 60.9 Å². The molecular formula is C19H13F6N3O. The summed E-state index contributed by atoms with van der Waals surface area (Å²) in [5.74, 6) is -0.563. The van der Waals surface area contributed by atoms with Crippen molar-refractivity contribution in [3.8, 4) is 11.4 Å². The van der Waals surface area contributed by atoms with Crippen LogP contribution in [0.5, 0.6) is 0 Å². The fraction of sp³-hybridized carbons (Fsp3) is 0.158. The highest BCUT2D eigenvalue weighted by Crippen LogP contribution is 2.34. The van der Waals surface area contributed by atoms with Gasteiger partial charge in [0.25, 0.3) is 5.56 Å². The predicted molar refractivity (Wildman–Crippen MR) is 93.9 cm³/mol. The van der Waals surface area contributed by atoms with E-state index in [2.05, 4.69) is 4.98 Å². The molecule has 0 aliphatic rings. The number of anilines is 1. The SMILES string of the molecule is Nc1c(C(F)(F)F)nc(-c2cccc(C(F)(F)F)c2)n(Cc2ccccc2)c1=O. The molecule has 0 saturated carbocycles. The fourth-order valence-corrected chi connectivity index (χ4v) is 2.75. The molecule has 0 fully saturated rings. The number of hydrogen-bond donors (Lipinski definition) is 1. The largest absolute Gasteiger partial charge is 0.435 e. The molecule has 0 aliphatic heterocycles. The third-order valence-corrected chi connectivity index (χ3v) is 4.10. The van der Waals surface area contributed by atoms with Crippen LogP contribution in [0.15, 0.2) is 59.4 Å². The highest BCUT2D eigenvalue weighted by atomic mass is 19.4. The fourth-order valence-electron chi connectivity index (χ4n) is 2.75. The summed E-state index contributed by atoms with van der Waals surface area (Å²) in [5.41, 5.74) is 0.577. The van der Waals surface area contributed by atoms with E-state index in [1.807, 2.05) is 0 Å². The van der Waals surface area contributed by atoms with Crippen molar-refractivity contribution < 1.29 is 26.3 Å². The summed E-state index contributed by atoms with van der Waals surface area (Å²) in [6, 6.07) is 11.8. The minimum Gasteiger partial charge on any atom is -0.392 e. The Morgan fingerprint density at radius 2 is 1.55 bits per heavy atom. The highest BCUT2D eigenvalue weighted by Gasteiger charge is 2.38. The zero-order valence-electron chi connectivity index (χ0n) is 14.6. The van der Waals surface area contributed by atoms with Crippen LogP contribution in [0, 0.1) is 0 Å². The summed E-state index contributed by atoms with van der Waals surface area (Å²) in [6.07, 6.45) is -9.77. The van der Waals surface area contributed by atoms with Crippen LogP contribution in [0.2, 0.25) is 0 Å². The number of nitrogens with zero attached hydrogens (tertiary/aromatic N) is 2. The molecule has 3 rings (SSSR count). The number of aromatic nitrogens is 2. The van der Waals surface area contributed by atoms with Gasteiger partial charge in [0.15, 0.2) is 5.69 Å². The average Bonchev–Trinajstić information content (AvgIpc) is 2.65. The van der Waals surface area contributed by atoms with Gasteiger partial charge in [0, 0.05) is 5.56 Å². The lowest BCUT2D eigenvalue weighted by Crippen LogP contribution is -2.30. The number of alkyl halides is 6. The maximum atomic E-state index is 13.3. The van der Waals surface area contributed by atoms with Crippen LogP contribution in [0.3, 0.4) is 0 Å². The van der Waals surface area contributed by atoms with Crippen LogP contribution < -0.4 is 11.3 Å². The maximum absolute atomic E-state index is 13.3. The van der Waals surface area contributed by atoms with Crippen LogP contribution in [0.4, 0.5) is 32.0 Å². The molecular weight excluding hydrogens is 400 g/mol. The quantitative estimate of drug-likeness (QED) is 0.640. The van der Waals surface area contributed by atoms with Crippen LogP contribution in [-0.4, -0.2) is 9.55 Å². The summed E-state index contributed by atoms with van der Waals surface area (Å²) in [4.78, 5) is 16.0. The molecule has 2 N–H and O–H groups in total. The van der Waals surface area contributed by atoms with E-state index in [-0.39, 0.29) is 12.1 Å². The Labute approximate surface area is 160 Å². The van der Waals surface area contributed by atoms with Crippen molar-refractivity contribution in [2.45, 2.75) is 18.9 Å². The molecule has 0 aliphatic carbocycles. The molecule has 2 aromatic carbocycles. The first-order valence-corrected chi connectivity index (χ1v) is 8.17. The summed E-state index contributed by atoms with van der Waals surface area (Å²) in [5, 5.41) is 0. The summed E-state index contributed by atoms with van der Waals surface area (Å²) < 4.78 is 79.8. The van der Waals surface area contributed by atoms with Crippen LogP contribution >= 0.6 is 0 Å². The normalized spacial score (nSPS) is 12.2. The second kappa shape index (κ2) is 7.26. The molecule has 1 aromatic heterocycles. The standard InChI is InChI=1S/C19H13F6N3O/c20-18(21,22)13-8-4-7-12(9-13)16-27-15(19(23,24)25)14(26)17(29)28(16)10-11-5-2-1-3-6-11/h1-9H,10,26H2. The molecule has 4 nitrogen and oxygen atoms in total. The summed E-state index contributed by atoms with van der Waals surface area (Å²) in [7, 11) is 0. The third kappa shape index (κ3) is 4.25. The Bertz CT molecular complexity index is 1090. The first-order chi connectivity index (χ1) is 13.5. The Morgan fingerprint density at radius 3 is 2.14 bits per heavy atom. The molecule has 0 unspecified atom stereocenters. The second-order valence-electron chi connectivity index (χ2n) is 6.15. The van der Waals surface area contributed by atoms with Gasteiger partial charge >= 0.3 is 12.4 Å². The number of halogens is 6. The lowest BCUT2D eigenvalue weighted by molar-refractivity contribution is -0.140. The number of nitrogens with two attached hydrogens (primary N) is 1. The minimum absolute atomic E-state index is 0.222. The van der Waals surface area contributed by atoms with E-state index in [0.717, 1.165) is 22.8 Å². The summed E-state index contributed by atoms with van der Waals surface area (Å²) in [6.45, 7) is -0.222. The van der Waals surface area contributed by atoms with Gasteiger partial charge in [-0.05, 0) is 17.7 Å². The van der Waals surface area contributed by atoms with Crippen molar-refractivity contribution in [3.05, 3.63) is 81.8 Å². The van der Waals surface area contributed by atoms with Crippen LogP contribution in [-0.2, 0) is 18.9 Å². The van der Waals surface area contributed by atoms with Crippen LogP contribution in [0.1, 0.15) is 16.8 Å². The maximum Gasteiger partial charge on any atom is 0.435 e. The first kappa shape index (κ1) is 20.4. The van der Waals surface area contributed by atoms with Crippen molar-refractivity contribution in [1.82, 2.24) is 9.55 Å². The Balaban J connectivity index is 2.28. The molecule has 29 heavy (non-hydrogen) atoms. The van der Waals surface area contributed by atoms with E-state index in [0.29, 0.717) is 11.6 Å². The first-order valence-electron chi connectivity index (χ1n) is 8.17. The van der Waals surface area contributed by atoms with Crippen molar-refractivity contribution in [3.63, 3.8) is 0 Å². The Kier molecular flexibility index (Phi) is 5.12. The van der Waals surface area contributed by atoms with E-state index in [1.54, 1.807) is 30.3 Å². The van der Waals surface area contributed by atoms with Crippen molar-refractivity contribution in [2.24, 2.45) is 0 Å². The molecule has 0 bridgehead atoms. The zero-order valence-corrected chi connectivity index (χ0v) is 14.6. The van der Waals surface area contributed by atoms with Gasteiger partial charge in [0.1, 0.15) is 11.5 Å². The smallest absolute Gasteiger partial charge is 0.392 e. The van der Waals surface area contributed by atoms with Gasteiger partial charge in [0.05, 0.1) is 12.1 Å². The molecule has 0 radical (unpaired) electrons. The van der Waals surface area contributed by atoms with E-state index in [9.17, 15) is 31.1 Å². The molecule has 1 heterocycles. The molecule has 0 saturated heterocycles. The van der Waals surface area contributed by atoms with Gasteiger partial charge in [0.2, 0.25) is 0 Å². The van der Waals surface area contributed by atoms with Crippen molar-refractivity contribution in [2.75, 3.05) is 5.73 Å². The van der Waals surface area contributed by atoms with Crippen molar-refractivity contribution >= 4 is 5.69 Å². The van der Waals surface area contributed by atoms with Crippen LogP contribution in [0.25, 0.3) is 11.4 Å². The predicted octanol–water partition coefficient (Wildman–Crippen LogP) is 4.58. The Morgan fingerprint density at radius 1 is 0.897 bits per heavy atom. The van der Waals surface area contributed by atoms with E-state index in [4.69, 9.17) is 5.73 Å². The van der Waals surface area contributed by atoms with E-state index >= 15 is 0 Å². The molecule has 0 amide bonds. The van der Waals surface area contributed by atoms with Crippen molar-refractivity contribution in [1.29, 1.82) is 0 Å². The van der Waals surface area contributed by atoms with Gasteiger partial charge in [-0.3, -0.25) is 9.36 Å². The molecule has 10 heteroatoms. The van der Waals surface area contributed by atoms with Gasteiger partial charge in [-0.15, -0.1) is 0 Å². The second-order valence-corrected chi connectivity index (χ2v) is 6.15. The molecule has 0 atom stereocenters.